The maximum Gasteiger partial charge on any atom is 0.00723 e. The molecule has 0 bridgehead atoms. The first kappa shape index (κ1) is 13.6. The van der Waals surface area contributed by atoms with Gasteiger partial charge in [-0.05, 0) is 58.4 Å². The molecule has 2 aliphatic rings. The second kappa shape index (κ2) is 6.97. The summed E-state index contributed by atoms with van der Waals surface area (Å²) >= 11 is 0. The van der Waals surface area contributed by atoms with E-state index in [0.717, 1.165) is 24.2 Å². The predicted molar refractivity (Wildman–Crippen MR) is 78.3 cm³/mol. The van der Waals surface area contributed by atoms with Gasteiger partial charge in [-0.2, -0.15) is 0 Å². The lowest BCUT2D eigenvalue weighted by Crippen LogP contribution is -2.38. The van der Waals surface area contributed by atoms with Crippen LogP contribution in [-0.4, -0.2) is 29.4 Å². The summed E-state index contributed by atoms with van der Waals surface area (Å²) in [6.45, 7) is 0. The zero-order valence-electron chi connectivity index (χ0n) is 11.0. The molecule has 3 unspecified atom stereocenters. The Hall–Kier alpha value is 0.220. The summed E-state index contributed by atoms with van der Waals surface area (Å²) in [5.74, 6) is 0.852. The quantitative estimate of drug-likeness (QED) is 0.742. The fourth-order valence-corrected chi connectivity index (χ4v) is 4.20. The van der Waals surface area contributed by atoms with Crippen LogP contribution >= 0.6 is 7.77 Å². The molecule has 100 valence electrons. The third kappa shape index (κ3) is 4.77. The largest absolute Gasteiger partial charge is 0.380 e. The van der Waals surface area contributed by atoms with Crippen molar-refractivity contribution in [1.82, 2.24) is 5.32 Å². The molecule has 17 heavy (non-hydrogen) atoms. The molecule has 0 aromatic heterocycles. The Labute approximate surface area is 107 Å². The van der Waals surface area contributed by atoms with E-state index < -0.39 is 7.77 Å². The summed E-state index contributed by atoms with van der Waals surface area (Å²) in [7, 11) is -1.24. The molecule has 0 heterocycles. The van der Waals surface area contributed by atoms with Gasteiger partial charge in [0.25, 0.3) is 0 Å². The summed E-state index contributed by atoms with van der Waals surface area (Å²) in [6, 6.07) is 1.57. The molecule has 0 saturated heterocycles. The zero-order chi connectivity index (χ0) is 12.1. The van der Waals surface area contributed by atoms with Crippen molar-refractivity contribution in [2.24, 2.45) is 5.92 Å². The Kier molecular flexibility index (Phi) is 5.59. The molecule has 0 amide bonds. The maximum absolute atomic E-state index is 9.31. The third-order valence-electron chi connectivity index (χ3n) is 4.46. The van der Waals surface area contributed by atoms with Crippen molar-refractivity contribution >= 4 is 14.1 Å². The standard InChI is InChI=1S/C14H28NOP/c1-17(16)10-9-12-7-8-14(11-12)15-13-5-3-2-4-6-13/h12-17H,1-11H2. The predicted octanol–water partition coefficient (Wildman–Crippen LogP) is 3.02. The second-order valence-electron chi connectivity index (χ2n) is 5.98. The van der Waals surface area contributed by atoms with Crippen LogP contribution in [0.3, 0.4) is 0 Å². The molecule has 2 N–H and O–H groups in total. The van der Waals surface area contributed by atoms with Crippen LogP contribution in [0.15, 0.2) is 0 Å². The molecular weight excluding hydrogens is 229 g/mol. The van der Waals surface area contributed by atoms with Gasteiger partial charge in [-0.3, -0.25) is 0 Å². The monoisotopic (exact) mass is 257 g/mol. The molecule has 3 heteroatoms. The summed E-state index contributed by atoms with van der Waals surface area (Å²) < 4.78 is 0. The van der Waals surface area contributed by atoms with Gasteiger partial charge < -0.3 is 10.2 Å². The maximum atomic E-state index is 9.31. The average Bonchev–Trinajstić information content (AvgIpc) is 2.75. The number of hydrogen-bond acceptors (Lipinski definition) is 2. The highest BCUT2D eigenvalue weighted by Crippen LogP contribution is 2.32. The van der Waals surface area contributed by atoms with Gasteiger partial charge in [0.05, 0.1) is 0 Å². The van der Waals surface area contributed by atoms with Crippen molar-refractivity contribution in [3.63, 3.8) is 0 Å². The van der Waals surface area contributed by atoms with Crippen LogP contribution in [0, 0.1) is 5.92 Å². The van der Waals surface area contributed by atoms with E-state index in [1.165, 1.54) is 57.8 Å². The van der Waals surface area contributed by atoms with Crippen molar-refractivity contribution < 1.29 is 4.89 Å². The van der Waals surface area contributed by atoms with E-state index in [0.29, 0.717) is 0 Å². The minimum absolute atomic E-state index is 0.766. The average molecular weight is 257 g/mol. The highest BCUT2D eigenvalue weighted by molar-refractivity contribution is 7.49. The smallest absolute Gasteiger partial charge is 0.00723 e. The van der Waals surface area contributed by atoms with E-state index in [-0.39, 0.29) is 0 Å². The van der Waals surface area contributed by atoms with Crippen molar-refractivity contribution in [3.05, 3.63) is 0 Å². The number of nitrogens with one attached hydrogen (secondary N) is 1. The van der Waals surface area contributed by atoms with Crippen LogP contribution in [0.25, 0.3) is 0 Å². The van der Waals surface area contributed by atoms with E-state index in [1.54, 1.807) is 0 Å². The first-order valence-electron chi connectivity index (χ1n) is 7.37. The molecule has 0 aliphatic heterocycles. The van der Waals surface area contributed by atoms with Crippen molar-refractivity contribution in [3.8, 4) is 0 Å². The first-order chi connectivity index (χ1) is 8.24. The van der Waals surface area contributed by atoms with Crippen LogP contribution in [-0.2, 0) is 0 Å². The normalized spacial score (nSPS) is 32.8. The minimum Gasteiger partial charge on any atom is -0.380 e. The molecule has 2 fully saturated rings. The Morgan fingerprint density at radius 1 is 1.06 bits per heavy atom. The van der Waals surface area contributed by atoms with E-state index in [1.807, 2.05) is 0 Å². The molecule has 2 rings (SSSR count). The summed E-state index contributed by atoms with van der Waals surface area (Å²) in [6.07, 6.45) is 17.1. The Balaban J connectivity index is 1.64. The van der Waals surface area contributed by atoms with Gasteiger partial charge in [-0.1, -0.05) is 25.6 Å². The van der Waals surface area contributed by atoms with Gasteiger partial charge in [0.15, 0.2) is 0 Å². The molecule has 0 aromatic carbocycles. The van der Waals surface area contributed by atoms with Gasteiger partial charge in [0.1, 0.15) is 0 Å². The SMILES string of the molecule is C=[PH](O)CCC1CCC(NC2CCCCC2)C1. The van der Waals surface area contributed by atoms with E-state index in [4.69, 9.17) is 0 Å². The van der Waals surface area contributed by atoms with Crippen molar-refractivity contribution in [2.75, 3.05) is 6.16 Å². The third-order valence-corrected chi connectivity index (χ3v) is 5.32. The molecule has 2 nitrogen and oxygen atoms in total. The topological polar surface area (TPSA) is 32.3 Å². The van der Waals surface area contributed by atoms with Crippen molar-refractivity contribution in [2.45, 2.75) is 69.9 Å². The lowest BCUT2D eigenvalue weighted by molar-refractivity contribution is 0.332. The number of rotatable bonds is 5. The van der Waals surface area contributed by atoms with Crippen LogP contribution in [0.5, 0.6) is 0 Å². The lowest BCUT2D eigenvalue weighted by atomic mass is 9.94. The van der Waals surface area contributed by atoms with Crippen LogP contribution in [0.4, 0.5) is 0 Å². The number of hydrogen-bond donors (Lipinski definition) is 2. The van der Waals surface area contributed by atoms with Crippen LogP contribution in [0.1, 0.15) is 57.8 Å². The molecule has 2 aliphatic carbocycles. The fraction of sp³-hybridized carbons (Fsp3) is 0.929. The van der Waals surface area contributed by atoms with E-state index >= 15 is 0 Å². The second-order valence-corrected chi connectivity index (χ2v) is 7.61. The molecule has 0 aromatic rings. The zero-order valence-corrected chi connectivity index (χ0v) is 12.0. The Morgan fingerprint density at radius 2 is 1.82 bits per heavy atom. The summed E-state index contributed by atoms with van der Waals surface area (Å²) in [4.78, 5) is 9.31. The van der Waals surface area contributed by atoms with Crippen LogP contribution < -0.4 is 5.32 Å². The molecule has 2 saturated carbocycles. The molecule has 3 atom stereocenters. The van der Waals surface area contributed by atoms with E-state index in [9.17, 15) is 4.89 Å². The van der Waals surface area contributed by atoms with Gasteiger partial charge in [0.2, 0.25) is 0 Å². The molecule has 0 radical (unpaired) electrons. The molecular formula is C14H28NOP. The molecule has 0 spiro atoms. The summed E-state index contributed by atoms with van der Waals surface area (Å²) in [5.41, 5.74) is 0. The van der Waals surface area contributed by atoms with Gasteiger partial charge in [0, 0.05) is 12.1 Å². The lowest BCUT2D eigenvalue weighted by Gasteiger charge is -2.26. The Bertz CT molecular complexity index is 251. The highest BCUT2D eigenvalue weighted by Gasteiger charge is 2.26. The van der Waals surface area contributed by atoms with Gasteiger partial charge >= 0.3 is 0 Å². The first-order valence-corrected chi connectivity index (χ1v) is 9.23. The van der Waals surface area contributed by atoms with Crippen LogP contribution in [0.2, 0.25) is 0 Å². The summed E-state index contributed by atoms with van der Waals surface area (Å²) in [5, 5.41) is 3.87. The minimum atomic E-state index is -1.24. The van der Waals surface area contributed by atoms with Gasteiger partial charge in [-0.25, -0.2) is 0 Å². The fourth-order valence-electron chi connectivity index (χ4n) is 3.46. The highest BCUT2D eigenvalue weighted by atomic mass is 31.1. The van der Waals surface area contributed by atoms with Gasteiger partial charge in [-0.15, -0.1) is 0 Å². The van der Waals surface area contributed by atoms with Crippen molar-refractivity contribution in [1.29, 1.82) is 0 Å². The Morgan fingerprint density at radius 3 is 2.53 bits per heavy atom. The van der Waals surface area contributed by atoms with E-state index in [2.05, 4.69) is 11.6 Å².